The van der Waals surface area contributed by atoms with Gasteiger partial charge < -0.3 is 15.3 Å². The Morgan fingerprint density at radius 3 is 1.08 bits per heavy atom. The van der Waals surface area contributed by atoms with Crippen LogP contribution >= 0.6 is 15.9 Å². The number of carbonyl (C=O) groups is 2. The van der Waals surface area contributed by atoms with E-state index in [2.05, 4.69) is 29.8 Å². The molecule has 0 heterocycles. The van der Waals surface area contributed by atoms with Crippen LogP contribution in [0.15, 0.2) is 48.5 Å². The maximum Gasteiger partial charge on any atom is 1.00 e. The van der Waals surface area contributed by atoms with Crippen LogP contribution in [0.5, 0.6) is 11.5 Å². The van der Waals surface area contributed by atoms with Crippen molar-refractivity contribution in [2.75, 3.05) is 11.9 Å². The van der Waals surface area contributed by atoms with Crippen LogP contribution in [0.3, 0.4) is 0 Å². The van der Waals surface area contributed by atoms with Crippen LogP contribution in [0.4, 0.5) is 0 Å². The van der Waals surface area contributed by atoms with Crippen molar-refractivity contribution in [2.24, 2.45) is 0 Å². The molecule has 0 saturated heterocycles. The van der Waals surface area contributed by atoms with Gasteiger partial charge >= 0.3 is 51.4 Å². The third kappa shape index (κ3) is 45.7. The second-order valence-corrected chi connectivity index (χ2v) is 14.2. The maximum atomic E-state index is 10.6. The molecule has 0 unspecified atom stereocenters. The Morgan fingerprint density at radius 2 is 0.774 bits per heavy atom. The van der Waals surface area contributed by atoms with E-state index in [1.54, 1.807) is 24.3 Å². The number of carbonyl (C=O) groups excluding carboxylic acids is 2. The molecule has 5 nitrogen and oxygen atoms in total. The van der Waals surface area contributed by atoms with Crippen molar-refractivity contribution in [3.8, 4) is 11.5 Å². The molecule has 0 aliphatic carbocycles. The Hall–Kier alpha value is -0.544. The minimum atomic E-state index is 0. The molecule has 0 saturated carbocycles. The number of phenolic OH excluding ortho intramolecular Hbond substituents is 1. The molecule has 7 heteroatoms. The Bertz CT molecular complexity index is 941. The number of aldehydes is 2. The molecular formula is C46H82BrKO5. The van der Waals surface area contributed by atoms with E-state index in [0.717, 1.165) is 31.3 Å². The number of alkyl halides is 1. The molecule has 0 radical (unpaired) electrons. The minimum Gasteiger partial charge on any atom is -0.870 e. The SMILES string of the molecule is C.C.CCCCCCCCCCCCCCCBr.CCCCCCCCCCCCCCCOc1ccc(C=O)cc1.O=Cc1ccc(O)cc1.[K+].[OH-]. The number of rotatable bonds is 30. The fourth-order valence-corrected chi connectivity index (χ4v) is 6.01. The molecule has 0 amide bonds. The summed E-state index contributed by atoms with van der Waals surface area (Å²) in [6, 6.07) is 13.4. The number of halogens is 1. The maximum absolute atomic E-state index is 10.6. The number of ether oxygens (including phenoxy) is 1. The van der Waals surface area contributed by atoms with Gasteiger partial charge in [-0.15, -0.1) is 0 Å². The van der Waals surface area contributed by atoms with Crippen molar-refractivity contribution in [1.29, 1.82) is 0 Å². The van der Waals surface area contributed by atoms with E-state index < -0.39 is 0 Å². The van der Waals surface area contributed by atoms with E-state index in [1.807, 2.05) is 12.1 Å². The zero-order valence-corrected chi connectivity index (χ0v) is 37.8. The number of phenols is 1. The summed E-state index contributed by atoms with van der Waals surface area (Å²) in [6.45, 7) is 5.34. The second kappa shape index (κ2) is 51.5. The van der Waals surface area contributed by atoms with Crippen LogP contribution in [0.1, 0.15) is 216 Å². The zero-order valence-electron chi connectivity index (χ0n) is 33.1. The van der Waals surface area contributed by atoms with Gasteiger partial charge in [0.2, 0.25) is 0 Å². The third-order valence-corrected chi connectivity index (χ3v) is 9.36. The van der Waals surface area contributed by atoms with Gasteiger partial charge in [-0.3, -0.25) is 9.59 Å². The fourth-order valence-electron chi connectivity index (χ4n) is 5.62. The Morgan fingerprint density at radius 1 is 0.491 bits per heavy atom. The molecule has 0 fully saturated rings. The van der Waals surface area contributed by atoms with Gasteiger partial charge in [0.15, 0.2) is 0 Å². The van der Waals surface area contributed by atoms with Gasteiger partial charge in [-0.05, 0) is 61.4 Å². The zero-order chi connectivity index (χ0) is 35.9. The molecule has 53 heavy (non-hydrogen) atoms. The predicted molar refractivity (Wildman–Crippen MR) is 231 cm³/mol. The number of hydrogen-bond acceptors (Lipinski definition) is 5. The summed E-state index contributed by atoms with van der Waals surface area (Å²) >= 11 is 3.48. The van der Waals surface area contributed by atoms with Gasteiger partial charge in [0.25, 0.3) is 0 Å². The smallest absolute Gasteiger partial charge is 0.870 e. The summed E-state index contributed by atoms with van der Waals surface area (Å²) in [4.78, 5) is 20.6. The van der Waals surface area contributed by atoms with Crippen molar-refractivity contribution >= 4 is 28.5 Å². The van der Waals surface area contributed by atoms with Crippen molar-refractivity contribution in [2.45, 2.75) is 196 Å². The Balaban J connectivity index is -0.000000230. The summed E-state index contributed by atoms with van der Waals surface area (Å²) in [5.74, 6) is 1.04. The van der Waals surface area contributed by atoms with Gasteiger partial charge in [0, 0.05) is 16.5 Å². The molecule has 2 aromatic carbocycles. The van der Waals surface area contributed by atoms with Crippen molar-refractivity contribution in [3.05, 3.63) is 59.7 Å². The van der Waals surface area contributed by atoms with E-state index in [-0.39, 0.29) is 77.5 Å². The van der Waals surface area contributed by atoms with E-state index in [0.29, 0.717) is 11.1 Å². The van der Waals surface area contributed by atoms with E-state index in [9.17, 15) is 9.59 Å². The van der Waals surface area contributed by atoms with Crippen LogP contribution in [0.2, 0.25) is 0 Å². The number of aromatic hydroxyl groups is 1. The van der Waals surface area contributed by atoms with E-state index in [1.165, 1.54) is 178 Å². The quantitative estimate of drug-likeness (QED) is 0.0366. The molecule has 0 aliphatic rings. The molecule has 0 bridgehead atoms. The average Bonchev–Trinajstić information content (AvgIpc) is 3.13. The normalized spacial score (nSPS) is 9.64. The first-order valence-electron chi connectivity index (χ1n) is 20.1. The molecule has 0 atom stereocenters. The van der Waals surface area contributed by atoms with Crippen LogP contribution in [-0.4, -0.2) is 35.1 Å². The first kappa shape index (κ1) is 61.7. The van der Waals surface area contributed by atoms with E-state index >= 15 is 0 Å². The van der Waals surface area contributed by atoms with Crippen molar-refractivity contribution < 1.29 is 76.3 Å². The molecule has 2 aromatic rings. The monoisotopic (exact) mass is 832 g/mol. The van der Waals surface area contributed by atoms with E-state index in [4.69, 9.17) is 9.84 Å². The first-order chi connectivity index (χ1) is 24.1. The van der Waals surface area contributed by atoms with Gasteiger partial charge in [-0.25, -0.2) is 0 Å². The van der Waals surface area contributed by atoms with Crippen LogP contribution in [-0.2, 0) is 0 Å². The first-order valence-corrected chi connectivity index (χ1v) is 21.2. The fraction of sp³-hybridized carbons (Fsp3) is 0.696. The second-order valence-electron chi connectivity index (χ2n) is 13.4. The Labute approximate surface area is 379 Å². The third-order valence-electron chi connectivity index (χ3n) is 8.80. The molecule has 0 spiro atoms. The van der Waals surface area contributed by atoms with Crippen molar-refractivity contribution in [1.82, 2.24) is 0 Å². The van der Waals surface area contributed by atoms with Gasteiger partial charge in [0.05, 0.1) is 6.61 Å². The van der Waals surface area contributed by atoms with Crippen LogP contribution in [0, 0.1) is 0 Å². The molecule has 304 valence electrons. The van der Waals surface area contributed by atoms with Crippen LogP contribution in [0.25, 0.3) is 0 Å². The molecule has 2 rings (SSSR count). The number of unbranched alkanes of at least 4 members (excludes halogenated alkanes) is 24. The average molecular weight is 834 g/mol. The Kier molecular flexibility index (Phi) is 59.9. The van der Waals surface area contributed by atoms with Gasteiger partial charge in [0.1, 0.15) is 24.1 Å². The molecule has 2 N–H and O–H groups in total. The molecular weight excluding hydrogens is 752 g/mol. The summed E-state index contributed by atoms with van der Waals surface area (Å²) in [5.41, 5.74) is 1.27. The number of hydrogen-bond donors (Lipinski definition) is 1. The van der Waals surface area contributed by atoms with Crippen molar-refractivity contribution in [3.63, 3.8) is 0 Å². The minimum absolute atomic E-state index is 0. The largest absolute Gasteiger partial charge is 1.00 e. The summed E-state index contributed by atoms with van der Waals surface area (Å²) < 4.78 is 5.69. The molecule has 0 aliphatic heterocycles. The standard InChI is InChI=1S/C22H36O2.C15H31Br.C7H6O2.2CH4.K.H2O/c1-2-3-4-5-6-7-8-9-10-11-12-13-14-19-24-22-17-15-21(20-23)16-18-22;1-2-3-4-5-6-7-8-9-10-11-12-13-14-15-16;8-5-6-1-3-7(9)4-2-6;;;;/h15-18,20H,2-14,19H2,1H3;2-15H2,1H3;1-5,9H;2*1H4;;1H2/q;;;;;+1;/p-1. The van der Waals surface area contributed by atoms with Crippen LogP contribution < -0.4 is 56.1 Å². The summed E-state index contributed by atoms with van der Waals surface area (Å²) in [6.07, 6.45) is 38.2. The topological polar surface area (TPSA) is 93.6 Å². The summed E-state index contributed by atoms with van der Waals surface area (Å²) in [5, 5.41) is 9.92. The summed E-state index contributed by atoms with van der Waals surface area (Å²) in [7, 11) is 0. The van der Waals surface area contributed by atoms with Gasteiger partial charge in [-0.1, -0.05) is 199 Å². The van der Waals surface area contributed by atoms with Gasteiger partial charge in [-0.2, -0.15) is 0 Å². The predicted octanol–water partition coefficient (Wildman–Crippen LogP) is 12.7. The molecule has 0 aromatic heterocycles. The number of benzene rings is 2.